The molecule has 2 atom stereocenters. The van der Waals surface area contributed by atoms with Crippen LogP contribution in [0.4, 0.5) is 26.3 Å². The van der Waals surface area contributed by atoms with Crippen LogP contribution in [0.25, 0.3) is 0 Å². The molecule has 2 aromatic rings. The van der Waals surface area contributed by atoms with E-state index >= 15 is 0 Å². The van der Waals surface area contributed by atoms with Gasteiger partial charge in [0.15, 0.2) is 0 Å². The number of benzene rings is 2. The minimum absolute atomic E-state index is 0.00841. The summed E-state index contributed by atoms with van der Waals surface area (Å²) in [6.07, 6.45) is -10.1. The Bertz CT molecular complexity index is 912. The fourth-order valence-electron chi connectivity index (χ4n) is 3.42. The van der Waals surface area contributed by atoms with Crippen molar-refractivity contribution in [2.24, 2.45) is 0 Å². The number of nitrogens with zero attached hydrogens (tertiary/aromatic N) is 1. The molecular weight excluding hydrogens is 428 g/mol. The third-order valence-electron chi connectivity index (χ3n) is 5.19. The second-order valence-electron chi connectivity index (χ2n) is 7.32. The summed E-state index contributed by atoms with van der Waals surface area (Å²) in [6, 6.07) is 9.73. The molecule has 10 heteroatoms. The summed E-state index contributed by atoms with van der Waals surface area (Å²) in [5.74, 6) is -5.04. The molecule has 2 aromatic carbocycles. The Kier molecular flexibility index (Phi) is 6.07. The number of ether oxygens (including phenoxy) is 1. The molecule has 2 unspecified atom stereocenters. The zero-order chi connectivity index (χ0) is 23.0. The number of carbonyl (C=O) groups is 1. The van der Waals surface area contributed by atoms with Gasteiger partial charge in [-0.25, -0.2) is 0 Å². The highest BCUT2D eigenvalue weighted by Gasteiger charge is 2.49. The highest BCUT2D eigenvalue weighted by Crippen LogP contribution is 2.41. The van der Waals surface area contributed by atoms with Gasteiger partial charge in [-0.2, -0.15) is 26.3 Å². The Balaban J connectivity index is 1.96. The molecular formula is C21H19F6NO3. The van der Waals surface area contributed by atoms with Crippen molar-refractivity contribution in [3.8, 4) is 0 Å². The topological polar surface area (TPSA) is 49.8 Å². The normalized spacial score (nSPS) is 21.3. The predicted molar refractivity (Wildman–Crippen MR) is 97.6 cm³/mol. The highest BCUT2D eigenvalue weighted by atomic mass is 19.4. The van der Waals surface area contributed by atoms with Crippen molar-refractivity contribution in [1.29, 1.82) is 0 Å². The Morgan fingerprint density at radius 1 is 1.03 bits per heavy atom. The van der Waals surface area contributed by atoms with Gasteiger partial charge in [-0.05, 0) is 29.3 Å². The Labute approximate surface area is 174 Å². The van der Waals surface area contributed by atoms with Crippen LogP contribution in [0, 0.1) is 0 Å². The molecule has 3 rings (SSSR count). The number of hydrogen-bond donors (Lipinski definition) is 1. The van der Waals surface area contributed by atoms with Gasteiger partial charge in [-0.15, -0.1) is 0 Å². The van der Waals surface area contributed by atoms with Crippen molar-refractivity contribution in [2.45, 2.75) is 37.5 Å². The molecule has 4 nitrogen and oxygen atoms in total. The standard InChI is InChI=1S/C21H19F6NO3/c1-13(15-9-16(20(22,23)24)11-17(10-15)21(25,26)27)19(30)18(29)28(7-8-31-19)12-14-5-3-2-4-6-14/h2-6,9-11,13,30H,7-8,12H2,1H3. The average molecular weight is 447 g/mol. The Hall–Kier alpha value is -2.59. The van der Waals surface area contributed by atoms with Crippen molar-refractivity contribution < 1.29 is 41.0 Å². The number of amides is 1. The van der Waals surface area contributed by atoms with E-state index in [4.69, 9.17) is 4.74 Å². The smallest absolute Gasteiger partial charge is 0.358 e. The average Bonchev–Trinajstić information content (AvgIpc) is 2.70. The van der Waals surface area contributed by atoms with E-state index < -0.39 is 46.7 Å². The van der Waals surface area contributed by atoms with Crippen LogP contribution >= 0.6 is 0 Å². The van der Waals surface area contributed by atoms with Crippen LogP contribution in [0.5, 0.6) is 0 Å². The maximum atomic E-state index is 13.2. The first-order chi connectivity index (χ1) is 14.3. The first-order valence-corrected chi connectivity index (χ1v) is 9.31. The van der Waals surface area contributed by atoms with Crippen LogP contribution in [0.15, 0.2) is 48.5 Å². The van der Waals surface area contributed by atoms with Gasteiger partial charge in [0.25, 0.3) is 11.7 Å². The molecule has 1 N–H and O–H groups in total. The molecule has 0 bridgehead atoms. The SMILES string of the molecule is CC(c1cc(C(F)(F)F)cc(C(F)(F)F)c1)C1(O)OCCN(Cc2ccccc2)C1=O. The third-order valence-corrected chi connectivity index (χ3v) is 5.19. The lowest BCUT2D eigenvalue weighted by molar-refractivity contribution is -0.241. The summed E-state index contributed by atoms with van der Waals surface area (Å²) in [5, 5.41) is 10.9. The number of morpholine rings is 1. The molecule has 0 saturated carbocycles. The highest BCUT2D eigenvalue weighted by molar-refractivity contribution is 5.85. The van der Waals surface area contributed by atoms with E-state index in [1.165, 1.54) is 4.90 Å². The number of halogens is 6. The van der Waals surface area contributed by atoms with E-state index in [1.807, 2.05) is 0 Å². The second kappa shape index (κ2) is 8.16. The largest absolute Gasteiger partial charge is 0.416 e. The minimum Gasteiger partial charge on any atom is -0.358 e. The minimum atomic E-state index is -5.05. The molecule has 1 saturated heterocycles. The number of aliphatic hydroxyl groups is 1. The maximum Gasteiger partial charge on any atom is 0.416 e. The molecule has 1 fully saturated rings. The lowest BCUT2D eigenvalue weighted by atomic mass is 9.87. The van der Waals surface area contributed by atoms with Crippen LogP contribution in [-0.2, 0) is 28.4 Å². The van der Waals surface area contributed by atoms with Crippen molar-refractivity contribution >= 4 is 5.91 Å². The van der Waals surface area contributed by atoms with Crippen molar-refractivity contribution in [3.05, 3.63) is 70.8 Å². The Morgan fingerprint density at radius 2 is 1.58 bits per heavy atom. The van der Waals surface area contributed by atoms with Gasteiger partial charge in [0, 0.05) is 19.0 Å². The predicted octanol–water partition coefficient (Wildman–Crippen LogP) is 4.58. The summed E-state index contributed by atoms with van der Waals surface area (Å²) in [6.45, 7) is 1.23. The molecule has 0 aliphatic carbocycles. The van der Waals surface area contributed by atoms with Gasteiger partial charge < -0.3 is 14.7 Å². The molecule has 168 valence electrons. The molecule has 0 radical (unpaired) electrons. The summed E-state index contributed by atoms with van der Waals surface area (Å²) < 4.78 is 84.3. The summed E-state index contributed by atoms with van der Waals surface area (Å²) in [4.78, 5) is 14.2. The first-order valence-electron chi connectivity index (χ1n) is 9.31. The molecule has 1 aliphatic rings. The van der Waals surface area contributed by atoms with E-state index in [2.05, 4.69) is 0 Å². The zero-order valence-electron chi connectivity index (χ0n) is 16.3. The lowest BCUT2D eigenvalue weighted by Crippen LogP contribution is -2.58. The summed E-state index contributed by atoms with van der Waals surface area (Å²) in [5.41, 5.74) is -2.83. The van der Waals surface area contributed by atoms with E-state index in [1.54, 1.807) is 30.3 Å². The molecule has 1 aliphatic heterocycles. The van der Waals surface area contributed by atoms with Gasteiger partial charge in [-0.3, -0.25) is 4.79 Å². The zero-order valence-corrected chi connectivity index (χ0v) is 16.3. The fourth-order valence-corrected chi connectivity index (χ4v) is 3.42. The van der Waals surface area contributed by atoms with Gasteiger partial charge in [0.2, 0.25) is 0 Å². The number of carbonyl (C=O) groups excluding carboxylic acids is 1. The lowest BCUT2D eigenvalue weighted by Gasteiger charge is -2.41. The van der Waals surface area contributed by atoms with Gasteiger partial charge >= 0.3 is 12.4 Å². The van der Waals surface area contributed by atoms with Gasteiger partial charge in [0.1, 0.15) is 0 Å². The quantitative estimate of drug-likeness (QED) is 0.699. The van der Waals surface area contributed by atoms with Crippen molar-refractivity contribution in [2.75, 3.05) is 13.2 Å². The van der Waals surface area contributed by atoms with E-state index in [9.17, 15) is 36.2 Å². The van der Waals surface area contributed by atoms with Crippen molar-refractivity contribution in [3.63, 3.8) is 0 Å². The number of rotatable bonds is 4. The fraction of sp³-hybridized carbons (Fsp3) is 0.381. The molecule has 0 aromatic heterocycles. The van der Waals surface area contributed by atoms with Crippen LogP contribution in [0.1, 0.15) is 35.1 Å². The van der Waals surface area contributed by atoms with Gasteiger partial charge in [-0.1, -0.05) is 37.3 Å². The van der Waals surface area contributed by atoms with Crippen LogP contribution in [0.3, 0.4) is 0 Å². The third kappa shape index (κ3) is 4.85. The molecule has 1 amide bonds. The first kappa shape index (κ1) is 23.1. The second-order valence-corrected chi connectivity index (χ2v) is 7.32. The van der Waals surface area contributed by atoms with Crippen LogP contribution in [-0.4, -0.2) is 34.9 Å². The summed E-state index contributed by atoms with van der Waals surface area (Å²) >= 11 is 0. The Morgan fingerprint density at radius 3 is 2.10 bits per heavy atom. The van der Waals surface area contributed by atoms with Crippen molar-refractivity contribution in [1.82, 2.24) is 4.90 Å². The maximum absolute atomic E-state index is 13.2. The number of hydrogen-bond acceptors (Lipinski definition) is 3. The molecule has 31 heavy (non-hydrogen) atoms. The van der Waals surface area contributed by atoms with E-state index in [-0.39, 0.29) is 25.8 Å². The van der Waals surface area contributed by atoms with Crippen LogP contribution in [0.2, 0.25) is 0 Å². The summed E-state index contributed by atoms with van der Waals surface area (Å²) in [7, 11) is 0. The van der Waals surface area contributed by atoms with Crippen LogP contribution < -0.4 is 0 Å². The van der Waals surface area contributed by atoms with Gasteiger partial charge in [0.05, 0.1) is 17.7 Å². The monoisotopic (exact) mass is 447 g/mol. The van der Waals surface area contributed by atoms with E-state index in [0.717, 1.165) is 12.5 Å². The molecule has 0 spiro atoms. The molecule has 1 heterocycles. The van der Waals surface area contributed by atoms with E-state index in [0.29, 0.717) is 12.1 Å². The number of alkyl halides is 6.